The van der Waals surface area contributed by atoms with E-state index < -0.39 is 0 Å². The number of hydrogen-bond donors (Lipinski definition) is 0. The van der Waals surface area contributed by atoms with Crippen molar-refractivity contribution in [1.82, 2.24) is 0 Å². The van der Waals surface area contributed by atoms with E-state index in [2.05, 4.69) is 68.5 Å². The van der Waals surface area contributed by atoms with Crippen molar-refractivity contribution in [3.8, 4) is 0 Å². The Balaban J connectivity index is 2.35. The molecule has 0 spiro atoms. The van der Waals surface area contributed by atoms with Crippen LogP contribution in [0.3, 0.4) is 0 Å². The van der Waals surface area contributed by atoms with E-state index in [9.17, 15) is 0 Å². The normalized spacial score (nSPS) is 13.4. The van der Waals surface area contributed by atoms with Crippen molar-refractivity contribution >= 4 is 10.8 Å². The second-order valence-corrected chi connectivity index (χ2v) is 4.23. The Morgan fingerprint density at radius 1 is 1.06 bits per heavy atom. The quantitative estimate of drug-likeness (QED) is 0.631. The van der Waals surface area contributed by atoms with Gasteiger partial charge in [0.05, 0.1) is 0 Å². The lowest BCUT2D eigenvalue weighted by Gasteiger charge is -2.08. The third-order valence-corrected chi connectivity index (χ3v) is 2.96. The van der Waals surface area contributed by atoms with Crippen LogP contribution in [0.1, 0.15) is 31.7 Å². The van der Waals surface area contributed by atoms with Gasteiger partial charge in [0.1, 0.15) is 0 Å². The van der Waals surface area contributed by atoms with Crippen molar-refractivity contribution < 1.29 is 0 Å². The molecule has 0 heteroatoms. The Morgan fingerprint density at radius 2 is 1.81 bits per heavy atom. The maximum atomic E-state index is 2.29. The molecule has 0 unspecified atom stereocenters. The minimum atomic E-state index is 0.504. The monoisotopic (exact) mass is 210 g/mol. The van der Waals surface area contributed by atoms with Crippen LogP contribution in [0, 0.1) is 0 Å². The standard InChI is InChI=1S/C16H18/c1-3-4-7-13(2)15-11-10-14-8-5-6-9-16(14)12-15/h4-13H,3H2,1-2H3/b7-4+/t13-/m1/s1. The number of benzene rings is 2. The molecular weight excluding hydrogens is 192 g/mol. The fraction of sp³-hybridized carbons (Fsp3) is 0.250. The van der Waals surface area contributed by atoms with E-state index in [4.69, 9.17) is 0 Å². The second-order valence-electron chi connectivity index (χ2n) is 4.23. The molecule has 1 atom stereocenters. The molecule has 0 aliphatic heterocycles. The van der Waals surface area contributed by atoms with Gasteiger partial charge in [-0.3, -0.25) is 0 Å². The molecule has 0 amide bonds. The summed E-state index contributed by atoms with van der Waals surface area (Å²) in [5.74, 6) is 0.504. The first-order chi connectivity index (χ1) is 7.81. The smallest absolute Gasteiger partial charge is 0.00102 e. The van der Waals surface area contributed by atoms with E-state index in [0.29, 0.717) is 5.92 Å². The fourth-order valence-corrected chi connectivity index (χ4v) is 1.94. The first-order valence-electron chi connectivity index (χ1n) is 5.96. The van der Waals surface area contributed by atoms with E-state index in [1.165, 1.54) is 16.3 Å². The Hall–Kier alpha value is -1.56. The van der Waals surface area contributed by atoms with Gasteiger partial charge in [-0.05, 0) is 28.7 Å². The highest BCUT2D eigenvalue weighted by Crippen LogP contribution is 2.22. The van der Waals surface area contributed by atoms with E-state index in [1.54, 1.807) is 0 Å². The van der Waals surface area contributed by atoms with E-state index in [1.807, 2.05) is 0 Å². The van der Waals surface area contributed by atoms with Crippen LogP contribution in [0.25, 0.3) is 10.8 Å². The number of allylic oxidation sites excluding steroid dienone is 2. The molecule has 0 aromatic heterocycles. The topological polar surface area (TPSA) is 0 Å². The molecular formula is C16H18. The van der Waals surface area contributed by atoms with E-state index in [0.717, 1.165) is 6.42 Å². The zero-order chi connectivity index (χ0) is 11.4. The van der Waals surface area contributed by atoms with Crippen LogP contribution < -0.4 is 0 Å². The molecule has 0 nitrogen and oxygen atoms in total. The lowest BCUT2D eigenvalue weighted by atomic mass is 9.97. The predicted molar refractivity (Wildman–Crippen MR) is 71.8 cm³/mol. The minimum Gasteiger partial charge on any atom is -0.0882 e. The molecule has 0 saturated carbocycles. The van der Waals surface area contributed by atoms with E-state index in [-0.39, 0.29) is 0 Å². The van der Waals surface area contributed by atoms with Crippen molar-refractivity contribution in [1.29, 1.82) is 0 Å². The summed E-state index contributed by atoms with van der Waals surface area (Å²) in [6.07, 6.45) is 5.63. The van der Waals surface area contributed by atoms with Crippen molar-refractivity contribution in [2.24, 2.45) is 0 Å². The van der Waals surface area contributed by atoms with Crippen molar-refractivity contribution in [3.63, 3.8) is 0 Å². The zero-order valence-corrected chi connectivity index (χ0v) is 9.98. The Morgan fingerprint density at radius 3 is 2.56 bits per heavy atom. The van der Waals surface area contributed by atoms with Crippen LogP contribution in [0.2, 0.25) is 0 Å². The number of hydrogen-bond acceptors (Lipinski definition) is 0. The van der Waals surface area contributed by atoms with Gasteiger partial charge in [-0.25, -0.2) is 0 Å². The summed E-state index contributed by atoms with van der Waals surface area (Å²) >= 11 is 0. The summed E-state index contributed by atoms with van der Waals surface area (Å²) in [7, 11) is 0. The number of rotatable bonds is 3. The van der Waals surface area contributed by atoms with Gasteiger partial charge in [-0.2, -0.15) is 0 Å². The first kappa shape index (κ1) is 10.9. The molecule has 2 rings (SSSR count). The molecule has 0 aliphatic rings. The lowest BCUT2D eigenvalue weighted by molar-refractivity contribution is 0.960. The molecule has 82 valence electrons. The molecule has 2 aromatic carbocycles. The summed E-state index contributed by atoms with van der Waals surface area (Å²) in [4.78, 5) is 0. The van der Waals surface area contributed by atoms with Gasteiger partial charge in [0.25, 0.3) is 0 Å². The zero-order valence-electron chi connectivity index (χ0n) is 9.98. The van der Waals surface area contributed by atoms with Crippen LogP contribution in [0.15, 0.2) is 54.6 Å². The predicted octanol–water partition coefficient (Wildman–Crippen LogP) is 4.91. The molecule has 0 fully saturated rings. The summed E-state index contributed by atoms with van der Waals surface area (Å²) in [6, 6.07) is 15.2. The number of fused-ring (bicyclic) bond motifs is 1. The molecule has 0 saturated heterocycles. The lowest BCUT2D eigenvalue weighted by Crippen LogP contribution is -1.88. The average molecular weight is 210 g/mol. The average Bonchev–Trinajstić information content (AvgIpc) is 2.35. The van der Waals surface area contributed by atoms with Gasteiger partial charge in [0.2, 0.25) is 0 Å². The Bertz CT molecular complexity index is 494. The third-order valence-electron chi connectivity index (χ3n) is 2.96. The molecule has 0 bridgehead atoms. The van der Waals surface area contributed by atoms with Gasteiger partial charge >= 0.3 is 0 Å². The third kappa shape index (κ3) is 2.33. The van der Waals surface area contributed by atoms with Crippen LogP contribution in [0.5, 0.6) is 0 Å². The molecule has 0 aliphatic carbocycles. The Labute approximate surface area is 97.6 Å². The fourth-order valence-electron chi connectivity index (χ4n) is 1.94. The highest BCUT2D eigenvalue weighted by atomic mass is 14.1. The van der Waals surface area contributed by atoms with Crippen LogP contribution >= 0.6 is 0 Å². The molecule has 0 heterocycles. The molecule has 0 radical (unpaired) electrons. The molecule has 0 N–H and O–H groups in total. The summed E-state index contributed by atoms with van der Waals surface area (Å²) in [5.41, 5.74) is 1.39. The summed E-state index contributed by atoms with van der Waals surface area (Å²) < 4.78 is 0. The first-order valence-corrected chi connectivity index (χ1v) is 5.96. The van der Waals surface area contributed by atoms with Crippen molar-refractivity contribution in [2.45, 2.75) is 26.2 Å². The summed E-state index contributed by atoms with van der Waals surface area (Å²) in [6.45, 7) is 4.42. The minimum absolute atomic E-state index is 0.504. The Kier molecular flexibility index (Phi) is 3.40. The highest BCUT2D eigenvalue weighted by molar-refractivity contribution is 5.83. The van der Waals surface area contributed by atoms with Gasteiger partial charge in [-0.15, -0.1) is 0 Å². The van der Waals surface area contributed by atoms with Gasteiger partial charge in [0.15, 0.2) is 0 Å². The van der Waals surface area contributed by atoms with Gasteiger partial charge < -0.3 is 0 Å². The molecule has 16 heavy (non-hydrogen) atoms. The highest BCUT2D eigenvalue weighted by Gasteiger charge is 2.01. The largest absolute Gasteiger partial charge is 0.0882 e. The van der Waals surface area contributed by atoms with Crippen LogP contribution in [-0.4, -0.2) is 0 Å². The molecule has 2 aromatic rings. The second kappa shape index (κ2) is 4.98. The van der Waals surface area contributed by atoms with Crippen molar-refractivity contribution in [3.05, 3.63) is 60.2 Å². The summed E-state index contributed by atoms with van der Waals surface area (Å²) in [5, 5.41) is 2.65. The SMILES string of the molecule is CC/C=C/[C@@H](C)c1ccc2ccccc2c1. The van der Waals surface area contributed by atoms with Gasteiger partial charge in [0, 0.05) is 0 Å². The van der Waals surface area contributed by atoms with Crippen LogP contribution in [-0.2, 0) is 0 Å². The maximum Gasteiger partial charge on any atom is -0.00102 e. The van der Waals surface area contributed by atoms with Crippen LogP contribution in [0.4, 0.5) is 0 Å². The maximum absolute atomic E-state index is 2.29. The van der Waals surface area contributed by atoms with Gasteiger partial charge in [-0.1, -0.05) is 68.5 Å². The van der Waals surface area contributed by atoms with E-state index >= 15 is 0 Å². The van der Waals surface area contributed by atoms with Crippen molar-refractivity contribution in [2.75, 3.05) is 0 Å².